The van der Waals surface area contributed by atoms with Crippen LogP contribution in [0.1, 0.15) is 367 Å². The van der Waals surface area contributed by atoms with E-state index in [1.165, 1.54) is 289 Å². The standard InChI is InChI=1S/C69H131NO5/c1-3-5-7-9-11-13-15-17-19-20-21-22-23-24-25-26-28-31-34-37-41-45-49-53-57-61-67(72)66(65-71)70-68(73)62-58-54-50-46-42-38-35-32-29-27-30-33-36-40-44-48-52-56-60-64-75-69(74)63-59-55-51-47-43-39-18-16-14-12-10-8-6-4-2/h16,18,27,29,57,61,66-67,71-72H,3-15,17,19-26,28,30-56,58-60,62-65H2,1-2H3,(H,70,73)/b18-16-,29-27-,61-57+. The summed E-state index contributed by atoms with van der Waals surface area (Å²) >= 11 is 0. The van der Waals surface area contributed by atoms with Crippen LogP contribution >= 0.6 is 0 Å². The Morgan fingerprint density at radius 2 is 0.627 bits per heavy atom. The summed E-state index contributed by atoms with van der Waals surface area (Å²) in [6, 6.07) is -0.637. The number of unbranched alkanes of at least 4 members (excludes halogenated alkanes) is 48. The van der Waals surface area contributed by atoms with Crippen LogP contribution in [-0.2, 0) is 14.3 Å². The number of nitrogens with one attached hydrogen (secondary N) is 1. The zero-order chi connectivity index (χ0) is 54.3. The van der Waals surface area contributed by atoms with Crippen LogP contribution in [0, 0.1) is 0 Å². The molecule has 0 saturated heterocycles. The van der Waals surface area contributed by atoms with Crippen molar-refractivity contribution in [2.75, 3.05) is 13.2 Å². The Balaban J connectivity index is 3.47. The number of amides is 1. The smallest absolute Gasteiger partial charge is 0.305 e. The zero-order valence-corrected chi connectivity index (χ0v) is 50.5. The van der Waals surface area contributed by atoms with Gasteiger partial charge < -0.3 is 20.3 Å². The Bertz CT molecular complexity index is 1210. The van der Waals surface area contributed by atoms with Crippen molar-refractivity contribution in [3.63, 3.8) is 0 Å². The first-order valence-electron chi connectivity index (χ1n) is 33.8. The molecule has 3 N–H and O–H groups in total. The summed E-state index contributed by atoms with van der Waals surface area (Å²) in [5.41, 5.74) is 0. The number of hydrogen-bond acceptors (Lipinski definition) is 5. The number of rotatable bonds is 63. The fourth-order valence-corrected chi connectivity index (χ4v) is 10.4. The van der Waals surface area contributed by atoms with E-state index in [1.54, 1.807) is 6.08 Å². The van der Waals surface area contributed by atoms with Gasteiger partial charge in [0.2, 0.25) is 5.91 Å². The highest BCUT2D eigenvalue weighted by Crippen LogP contribution is 2.18. The molecule has 2 atom stereocenters. The Morgan fingerprint density at radius 3 is 0.947 bits per heavy atom. The molecule has 0 aliphatic rings. The average Bonchev–Trinajstić information content (AvgIpc) is 3.41. The van der Waals surface area contributed by atoms with Crippen LogP contribution in [0.5, 0.6) is 0 Å². The topological polar surface area (TPSA) is 95.9 Å². The number of esters is 1. The number of hydrogen-bond donors (Lipinski definition) is 3. The van der Waals surface area contributed by atoms with Crippen molar-refractivity contribution >= 4 is 11.9 Å². The van der Waals surface area contributed by atoms with E-state index in [0.29, 0.717) is 19.4 Å². The largest absolute Gasteiger partial charge is 0.466 e. The second kappa shape index (κ2) is 64.6. The van der Waals surface area contributed by atoms with Gasteiger partial charge in [0.1, 0.15) is 0 Å². The van der Waals surface area contributed by atoms with Crippen LogP contribution in [0.4, 0.5) is 0 Å². The molecule has 0 aliphatic heterocycles. The number of carbonyl (C=O) groups is 2. The fraction of sp³-hybridized carbons (Fsp3) is 0.884. The molecular formula is C69H131NO5. The van der Waals surface area contributed by atoms with Crippen molar-refractivity contribution in [3.05, 3.63) is 36.5 Å². The molecule has 75 heavy (non-hydrogen) atoms. The molecule has 0 saturated carbocycles. The molecule has 1 amide bonds. The molecule has 0 rings (SSSR count). The van der Waals surface area contributed by atoms with Gasteiger partial charge in [0.05, 0.1) is 25.4 Å². The van der Waals surface area contributed by atoms with Gasteiger partial charge in [-0.1, -0.05) is 307 Å². The van der Waals surface area contributed by atoms with Crippen molar-refractivity contribution < 1.29 is 24.5 Å². The minimum atomic E-state index is -0.853. The number of carbonyl (C=O) groups excluding carboxylic acids is 2. The molecule has 0 radical (unpaired) electrons. The van der Waals surface area contributed by atoms with E-state index < -0.39 is 12.1 Å². The average molecular weight is 1050 g/mol. The third kappa shape index (κ3) is 61.2. The highest BCUT2D eigenvalue weighted by atomic mass is 16.5. The minimum absolute atomic E-state index is 0.00486. The van der Waals surface area contributed by atoms with E-state index >= 15 is 0 Å². The van der Waals surface area contributed by atoms with Gasteiger partial charge in [-0.15, -0.1) is 0 Å². The Morgan fingerprint density at radius 1 is 0.360 bits per heavy atom. The summed E-state index contributed by atoms with van der Waals surface area (Å²) in [4.78, 5) is 24.6. The van der Waals surface area contributed by atoms with Crippen LogP contribution in [-0.4, -0.2) is 47.4 Å². The Hall–Kier alpha value is -1.92. The summed E-state index contributed by atoms with van der Waals surface area (Å²) in [5.74, 6) is -0.0791. The summed E-state index contributed by atoms with van der Waals surface area (Å²) < 4.78 is 5.47. The molecule has 0 spiro atoms. The highest BCUT2D eigenvalue weighted by Gasteiger charge is 2.18. The van der Waals surface area contributed by atoms with E-state index in [0.717, 1.165) is 51.4 Å². The van der Waals surface area contributed by atoms with Gasteiger partial charge in [-0.3, -0.25) is 9.59 Å². The van der Waals surface area contributed by atoms with E-state index in [4.69, 9.17) is 4.74 Å². The van der Waals surface area contributed by atoms with Gasteiger partial charge in [0, 0.05) is 12.8 Å². The lowest BCUT2D eigenvalue weighted by molar-refractivity contribution is -0.143. The lowest BCUT2D eigenvalue weighted by atomic mass is 10.0. The SMILES string of the molecule is CCCCCCC/C=C\CCCCCCCC(=O)OCCCCCCCCCC/C=C\CCCCCCCCCC(=O)NC(CO)C(O)/C=C/CCCCCCCCCCCCCCCCCCCCCCCCC. The van der Waals surface area contributed by atoms with Crippen molar-refractivity contribution in [2.24, 2.45) is 0 Å². The maximum Gasteiger partial charge on any atom is 0.305 e. The first-order chi connectivity index (χ1) is 37.0. The van der Waals surface area contributed by atoms with Crippen molar-refractivity contribution in [1.29, 1.82) is 0 Å². The van der Waals surface area contributed by atoms with Gasteiger partial charge >= 0.3 is 5.97 Å². The molecule has 0 aliphatic carbocycles. The molecule has 0 fully saturated rings. The first-order valence-corrected chi connectivity index (χ1v) is 33.8. The van der Waals surface area contributed by atoms with Gasteiger partial charge in [-0.05, 0) is 83.5 Å². The third-order valence-corrected chi connectivity index (χ3v) is 15.6. The first kappa shape index (κ1) is 73.1. The van der Waals surface area contributed by atoms with Gasteiger partial charge in [0.15, 0.2) is 0 Å². The van der Waals surface area contributed by atoms with Crippen LogP contribution in [0.3, 0.4) is 0 Å². The Kier molecular flexibility index (Phi) is 63.0. The predicted molar refractivity (Wildman–Crippen MR) is 329 cm³/mol. The van der Waals surface area contributed by atoms with Crippen molar-refractivity contribution in [1.82, 2.24) is 5.32 Å². The summed E-state index contributed by atoms with van der Waals surface area (Å²) in [7, 11) is 0. The molecule has 0 heterocycles. The zero-order valence-electron chi connectivity index (χ0n) is 50.5. The Labute approximate surface area is 468 Å². The molecule has 6 heteroatoms. The van der Waals surface area contributed by atoms with E-state index in [1.807, 2.05) is 6.08 Å². The van der Waals surface area contributed by atoms with Crippen LogP contribution in [0.2, 0.25) is 0 Å². The quantitative estimate of drug-likeness (QED) is 0.0320. The number of aliphatic hydroxyl groups is 2. The lowest BCUT2D eigenvalue weighted by Gasteiger charge is -2.20. The van der Waals surface area contributed by atoms with E-state index in [-0.39, 0.29) is 18.5 Å². The number of aliphatic hydroxyl groups excluding tert-OH is 2. The van der Waals surface area contributed by atoms with Crippen LogP contribution < -0.4 is 5.32 Å². The molecule has 0 aromatic rings. The lowest BCUT2D eigenvalue weighted by Crippen LogP contribution is -2.45. The highest BCUT2D eigenvalue weighted by molar-refractivity contribution is 5.76. The second-order valence-electron chi connectivity index (χ2n) is 23.1. The molecule has 2 unspecified atom stereocenters. The third-order valence-electron chi connectivity index (χ3n) is 15.6. The maximum absolute atomic E-state index is 12.5. The molecule has 6 nitrogen and oxygen atoms in total. The van der Waals surface area contributed by atoms with Crippen LogP contribution in [0.15, 0.2) is 36.5 Å². The van der Waals surface area contributed by atoms with E-state index in [2.05, 4.69) is 43.5 Å². The molecule has 442 valence electrons. The van der Waals surface area contributed by atoms with Crippen molar-refractivity contribution in [3.8, 4) is 0 Å². The van der Waals surface area contributed by atoms with Gasteiger partial charge in [0.25, 0.3) is 0 Å². The van der Waals surface area contributed by atoms with Crippen molar-refractivity contribution in [2.45, 2.75) is 379 Å². The minimum Gasteiger partial charge on any atom is -0.466 e. The van der Waals surface area contributed by atoms with E-state index in [9.17, 15) is 19.8 Å². The maximum atomic E-state index is 12.5. The fourth-order valence-electron chi connectivity index (χ4n) is 10.4. The van der Waals surface area contributed by atoms with Gasteiger partial charge in [-0.2, -0.15) is 0 Å². The van der Waals surface area contributed by atoms with Gasteiger partial charge in [-0.25, -0.2) is 0 Å². The molecule has 0 bridgehead atoms. The number of allylic oxidation sites excluding steroid dienone is 5. The molecular weight excluding hydrogens is 923 g/mol. The summed E-state index contributed by atoms with van der Waals surface area (Å²) in [6.07, 6.45) is 82.0. The molecule has 0 aromatic carbocycles. The monoisotopic (exact) mass is 1050 g/mol. The second-order valence-corrected chi connectivity index (χ2v) is 23.1. The normalized spacial score (nSPS) is 12.7. The number of ether oxygens (including phenoxy) is 1. The predicted octanol–water partition coefficient (Wildman–Crippen LogP) is 21.5. The summed E-state index contributed by atoms with van der Waals surface area (Å²) in [6.45, 7) is 4.91. The van der Waals surface area contributed by atoms with Crippen LogP contribution in [0.25, 0.3) is 0 Å². The summed E-state index contributed by atoms with van der Waals surface area (Å²) in [5, 5.41) is 23.3. The molecule has 0 aromatic heterocycles.